The van der Waals surface area contributed by atoms with E-state index in [0.717, 1.165) is 0 Å². The van der Waals surface area contributed by atoms with Gasteiger partial charge in [0.1, 0.15) is 11.6 Å². The Labute approximate surface area is 151 Å². The number of methoxy groups -OCH3 is 1. The van der Waals surface area contributed by atoms with E-state index in [0.29, 0.717) is 16.9 Å². The fourth-order valence-electron chi connectivity index (χ4n) is 2.10. The molecule has 26 heavy (non-hydrogen) atoms. The Morgan fingerprint density at radius 2 is 1.85 bits per heavy atom. The summed E-state index contributed by atoms with van der Waals surface area (Å²) in [6.07, 6.45) is 1.38. The first kappa shape index (κ1) is 18.7. The maximum absolute atomic E-state index is 12.2. The maximum atomic E-state index is 12.2. The number of nitriles is 1. The molecule has 132 valence electrons. The highest BCUT2D eigenvalue weighted by molar-refractivity contribution is 5.98. The van der Waals surface area contributed by atoms with E-state index in [1.807, 2.05) is 0 Å². The van der Waals surface area contributed by atoms with Crippen molar-refractivity contribution >= 4 is 18.0 Å². The Kier molecular flexibility index (Phi) is 6.52. The van der Waals surface area contributed by atoms with Crippen LogP contribution in [0.4, 0.5) is 0 Å². The molecule has 0 bridgehead atoms. The van der Waals surface area contributed by atoms with Crippen LogP contribution in [0.25, 0.3) is 6.08 Å². The first-order valence-electron chi connectivity index (χ1n) is 7.83. The van der Waals surface area contributed by atoms with Crippen LogP contribution in [0.1, 0.15) is 22.8 Å². The van der Waals surface area contributed by atoms with Crippen molar-refractivity contribution < 1.29 is 23.8 Å². The summed E-state index contributed by atoms with van der Waals surface area (Å²) in [4.78, 5) is 23.8. The number of esters is 2. The summed E-state index contributed by atoms with van der Waals surface area (Å²) >= 11 is 0. The molecule has 0 N–H and O–H groups in total. The minimum Gasteiger partial charge on any atom is -0.493 e. The van der Waals surface area contributed by atoms with Crippen LogP contribution in [0.3, 0.4) is 0 Å². The first-order chi connectivity index (χ1) is 12.6. The van der Waals surface area contributed by atoms with Gasteiger partial charge in [-0.15, -0.1) is 0 Å². The van der Waals surface area contributed by atoms with E-state index in [1.54, 1.807) is 55.5 Å². The van der Waals surface area contributed by atoms with E-state index in [-0.39, 0.29) is 17.9 Å². The Hall–Kier alpha value is -3.59. The van der Waals surface area contributed by atoms with Crippen molar-refractivity contribution in [3.05, 3.63) is 65.2 Å². The van der Waals surface area contributed by atoms with E-state index >= 15 is 0 Å². The van der Waals surface area contributed by atoms with Gasteiger partial charge in [0.05, 0.1) is 19.3 Å². The van der Waals surface area contributed by atoms with Crippen molar-refractivity contribution in [2.75, 3.05) is 13.7 Å². The van der Waals surface area contributed by atoms with Crippen LogP contribution in [0, 0.1) is 11.3 Å². The van der Waals surface area contributed by atoms with Gasteiger partial charge in [0.25, 0.3) is 0 Å². The van der Waals surface area contributed by atoms with Gasteiger partial charge in [-0.3, -0.25) is 0 Å². The fraction of sp³-hybridized carbons (Fsp3) is 0.150. The molecule has 2 aromatic rings. The molecule has 6 heteroatoms. The maximum Gasteiger partial charge on any atom is 0.348 e. The van der Waals surface area contributed by atoms with Crippen LogP contribution in [0.2, 0.25) is 0 Å². The molecule has 0 saturated heterocycles. The summed E-state index contributed by atoms with van der Waals surface area (Å²) < 4.78 is 15.4. The topological polar surface area (TPSA) is 85.6 Å². The molecule has 0 heterocycles. The van der Waals surface area contributed by atoms with Gasteiger partial charge in [0, 0.05) is 0 Å². The Morgan fingerprint density at radius 1 is 1.12 bits per heavy atom. The highest BCUT2D eigenvalue weighted by atomic mass is 16.6. The zero-order valence-electron chi connectivity index (χ0n) is 14.4. The van der Waals surface area contributed by atoms with Crippen molar-refractivity contribution in [1.29, 1.82) is 5.26 Å². The number of hydrogen-bond acceptors (Lipinski definition) is 6. The zero-order chi connectivity index (χ0) is 18.9. The van der Waals surface area contributed by atoms with Crippen LogP contribution >= 0.6 is 0 Å². The molecular formula is C20H17NO5. The molecule has 0 aliphatic carbocycles. The number of benzene rings is 2. The number of carbonyl (C=O) groups is 2. The number of nitrogens with zero attached hydrogens (tertiary/aromatic N) is 1. The number of rotatable bonds is 6. The molecule has 0 aliphatic heterocycles. The highest BCUT2D eigenvalue weighted by Gasteiger charge is 2.14. The van der Waals surface area contributed by atoms with E-state index in [9.17, 15) is 9.59 Å². The molecule has 6 nitrogen and oxygen atoms in total. The number of ether oxygens (including phenoxy) is 3. The number of carbonyl (C=O) groups excluding carboxylic acids is 2. The van der Waals surface area contributed by atoms with Gasteiger partial charge in [0.15, 0.2) is 11.5 Å². The normalized spacial score (nSPS) is 10.6. The van der Waals surface area contributed by atoms with E-state index in [4.69, 9.17) is 19.5 Å². The van der Waals surface area contributed by atoms with E-state index < -0.39 is 11.9 Å². The molecule has 0 radical (unpaired) electrons. The molecule has 0 saturated carbocycles. The third kappa shape index (κ3) is 4.71. The highest BCUT2D eigenvalue weighted by Crippen LogP contribution is 2.29. The summed E-state index contributed by atoms with van der Waals surface area (Å²) in [6.45, 7) is 1.83. The summed E-state index contributed by atoms with van der Waals surface area (Å²) in [5, 5.41) is 9.09. The second-order valence-corrected chi connectivity index (χ2v) is 5.06. The van der Waals surface area contributed by atoms with Crippen molar-refractivity contribution in [2.24, 2.45) is 0 Å². The average molecular weight is 351 g/mol. The van der Waals surface area contributed by atoms with Crippen molar-refractivity contribution in [3.63, 3.8) is 0 Å². The second-order valence-electron chi connectivity index (χ2n) is 5.06. The lowest BCUT2D eigenvalue weighted by Crippen LogP contribution is -2.09. The van der Waals surface area contributed by atoms with Crippen LogP contribution in [0.5, 0.6) is 11.5 Å². The molecule has 0 aromatic heterocycles. The quantitative estimate of drug-likeness (QED) is 0.343. The molecule has 0 aliphatic rings. The predicted molar refractivity (Wildman–Crippen MR) is 94.6 cm³/mol. The largest absolute Gasteiger partial charge is 0.493 e. The minimum atomic E-state index is -0.700. The van der Waals surface area contributed by atoms with Gasteiger partial charge in [-0.1, -0.05) is 24.3 Å². The lowest BCUT2D eigenvalue weighted by Gasteiger charge is -2.10. The van der Waals surface area contributed by atoms with Crippen LogP contribution in [0.15, 0.2) is 54.1 Å². The standard InChI is InChI=1S/C20H17NO5/c1-3-25-19(22)16(13-21)11-14-9-10-17(18(12-14)24-2)26-20(23)15-7-5-4-6-8-15/h4-12H,3H2,1-2H3/b16-11+. The SMILES string of the molecule is CCOC(=O)/C(C#N)=C/c1ccc(OC(=O)c2ccccc2)c(OC)c1. The Morgan fingerprint density at radius 3 is 2.46 bits per heavy atom. The Bertz CT molecular complexity index is 866. The molecular weight excluding hydrogens is 334 g/mol. The van der Waals surface area contributed by atoms with Gasteiger partial charge in [-0.25, -0.2) is 9.59 Å². The second kappa shape index (κ2) is 9.04. The smallest absolute Gasteiger partial charge is 0.348 e. The monoisotopic (exact) mass is 351 g/mol. The van der Waals surface area contributed by atoms with E-state index in [1.165, 1.54) is 19.3 Å². The third-order valence-electron chi connectivity index (χ3n) is 3.33. The molecule has 2 aromatic carbocycles. The van der Waals surface area contributed by atoms with Crippen molar-refractivity contribution in [2.45, 2.75) is 6.92 Å². The van der Waals surface area contributed by atoms with Gasteiger partial charge < -0.3 is 14.2 Å². The van der Waals surface area contributed by atoms with Crippen molar-refractivity contribution in [3.8, 4) is 17.6 Å². The summed E-state index contributed by atoms with van der Waals surface area (Å²) in [5.74, 6) is -0.692. The van der Waals surface area contributed by atoms with Gasteiger partial charge in [0.2, 0.25) is 0 Å². The van der Waals surface area contributed by atoms with Crippen LogP contribution in [-0.4, -0.2) is 25.7 Å². The van der Waals surface area contributed by atoms with E-state index in [2.05, 4.69) is 0 Å². The molecule has 2 rings (SSSR count). The van der Waals surface area contributed by atoms with Crippen LogP contribution < -0.4 is 9.47 Å². The molecule has 0 spiro atoms. The average Bonchev–Trinajstić information content (AvgIpc) is 2.67. The minimum absolute atomic E-state index is 0.136. The molecule has 0 amide bonds. The van der Waals surface area contributed by atoms with Gasteiger partial charge in [-0.2, -0.15) is 5.26 Å². The van der Waals surface area contributed by atoms with Gasteiger partial charge in [-0.05, 0) is 42.8 Å². The third-order valence-corrected chi connectivity index (χ3v) is 3.33. The summed E-state index contributed by atoms with van der Waals surface area (Å²) in [7, 11) is 1.43. The fourth-order valence-corrected chi connectivity index (χ4v) is 2.10. The lowest BCUT2D eigenvalue weighted by molar-refractivity contribution is -0.137. The number of hydrogen-bond donors (Lipinski definition) is 0. The summed E-state index contributed by atoms with van der Waals surface area (Å²) in [6, 6.07) is 15.1. The van der Waals surface area contributed by atoms with Gasteiger partial charge >= 0.3 is 11.9 Å². The zero-order valence-corrected chi connectivity index (χ0v) is 14.4. The Balaban J connectivity index is 2.26. The summed E-state index contributed by atoms with van der Waals surface area (Å²) in [5.41, 5.74) is 0.807. The molecule has 0 atom stereocenters. The lowest BCUT2D eigenvalue weighted by atomic mass is 10.1. The molecule has 0 unspecified atom stereocenters. The van der Waals surface area contributed by atoms with Crippen LogP contribution in [-0.2, 0) is 9.53 Å². The first-order valence-corrected chi connectivity index (χ1v) is 7.83. The van der Waals surface area contributed by atoms with Crippen molar-refractivity contribution in [1.82, 2.24) is 0 Å². The molecule has 0 fully saturated rings. The predicted octanol–water partition coefficient (Wildman–Crippen LogP) is 3.38.